The minimum atomic E-state index is -0.958. The average molecular weight is 360 g/mol. The Morgan fingerprint density at radius 2 is 1.04 bits per heavy atom. The third-order valence-electron chi connectivity index (χ3n) is 3.97. The smallest absolute Gasteiger partial charge is 0.317 e. The highest BCUT2D eigenvalue weighted by Crippen LogP contribution is 1.98. The van der Waals surface area contributed by atoms with Crippen LogP contribution in [-0.4, -0.2) is 120 Å². The molecule has 1 aliphatic heterocycles. The van der Waals surface area contributed by atoms with E-state index in [0.717, 1.165) is 13.0 Å². The van der Waals surface area contributed by atoms with Crippen molar-refractivity contribution in [1.82, 2.24) is 20.0 Å². The van der Waals surface area contributed by atoms with Crippen LogP contribution in [0.5, 0.6) is 0 Å². The first kappa shape index (κ1) is 21.3. The number of hydrogen-bond donors (Lipinski definition) is 4. The molecule has 0 radical (unpaired) electrons. The molecular formula is C15H28N4O6. The molecule has 1 fully saturated rings. The fourth-order valence-corrected chi connectivity index (χ4v) is 2.74. The second kappa shape index (κ2) is 11.7. The highest BCUT2D eigenvalue weighted by molar-refractivity contribution is 5.69. The zero-order chi connectivity index (χ0) is 18.7. The molecule has 0 aliphatic carbocycles. The molecule has 25 heavy (non-hydrogen) atoms. The predicted molar refractivity (Wildman–Crippen MR) is 89.7 cm³/mol. The predicted octanol–water partition coefficient (Wildman–Crippen LogP) is -1.86. The van der Waals surface area contributed by atoms with Crippen LogP contribution in [0, 0.1) is 0 Å². The van der Waals surface area contributed by atoms with Gasteiger partial charge in [0.2, 0.25) is 0 Å². The van der Waals surface area contributed by atoms with E-state index in [1.54, 1.807) is 14.7 Å². The maximum absolute atomic E-state index is 11.0. The van der Waals surface area contributed by atoms with Crippen molar-refractivity contribution in [3.8, 4) is 0 Å². The van der Waals surface area contributed by atoms with E-state index in [-0.39, 0.29) is 19.6 Å². The van der Waals surface area contributed by atoms with E-state index in [1.165, 1.54) is 0 Å². The van der Waals surface area contributed by atoms with Gasteiger partial charge in [-0.25, -0.2) is 0 Å². The van der Waals surface area contributed by atoms with Crippen molar-refractivity contribution in [3.63, 3.8) is 0 Å². The summed E-state index contributed by atoms with van der Waals surface area (Å²) in [5.74, 6) is -2.78. The minimum Gasteiger partial charge on any atom is -0.480 e. The van der Waals surface area contributed by atoms with E-state index in [1.807, 2.05) is 0 Å². The molecule has 0 amide bonds. The second-order valence-electron chi connectivity index (χ2n) is 6.11. The van der Waals surface area contributed by atoms with E-state index in [2.05, 4.69) is 5.32 Å². The van der Waals surface area contributed by atoms with Crippen molar-refractivity contribution in [2.75, 3.05) is 72.0 Å². The lowest BCUT2D eigenvalue weighted by molar-refractivity contribution is -0.140. The molecule has 1 heterocycles. The minimum absolute atomic E-state index is 0.0773. The summed E-state index contributed by atoms with van der Waals surface area (Å²) in [7, 11) is 0. The Kier molecular flexibility index (Phi) is 10.0. The molecule has 4 N–H and O–H groups in total. The first-order chi connectivity index (χ1) is 11.9. The molecule has 144 valence electrons. The molecule has 10 heteroatoms. The van der Waals surface area contributed by atoms with Crippen molar-refractivity contribution < 1.29 is 29.7 Å². The zero-order valence-electron chi connectivity index (χ0n) is 14.4. The van der Waals surface area contributed by atoms with Gasteiger partial charge in [-0.05, 0) is 19.5 Å². The van der Waals surface area contributed by atoms with Gasteiger partial charge >= 0.3 is 17.9 Å². The fourth-order valence-electron chi connectivity index (χ4n) is 2.74. The fraction of sp³-hybridized carbons (Fsp3) is 0.800. The molecule has 0 spiro atoms. The van der Waals surface area contributed by atoms with Crippen LogP contribution in [-0.2, 0) is 14.4 Å². The number of nitrogens with zero attached hydrogens (tertiary/aromatic N) is 3. The van der Waals surface area contributed by atoms with Gasteiger partial charge in [0.15, 0.2) is 0 Å². The average Bonchev–Trinajstić information content (AvgIpc) is 2.51. The molecule has 1 rings (SSSR count). The Morgan fingerprint density at radius 3 is 1.48 bits per heavy atom. The maximum atomic E-state index is 11.0. The van der Waals surface area contributed by atoms with E-state index in [4.69, 9.17) is 15.3 Å². The van der Waals surface area contributed by atoms with Crippen LogP contribution in [0.25, 0.3) is 0 Å². The molecule has 0 bridgehead atoms. The second-order valence-corrected chi connectivity index (χ2v) is 6.11. The molecule has 1 aliphatic rings. The van der Waals surface area contributed by atoms with E-state index in [0.29, 0.717) is 45.8 Å². The lowest BCUT2D eigenvalue weighted by atomic mass is 10.3. The summed E-state index contributed by atoms with van der Waals surface area (Å²) in [6, 6.07) is 0. The monoisotopic (exact) mass is 360 g/mol. The zero-order valence-corrected chi connectivity index (χ0v) is 14.4. The molecule has 10 nitrogen and oxygen atoms in total. The van der Waals surface area contributed by atoms with Crippen molar-refractivity contribution in [1.29, 1.82) is 0 Å². The van der Waals surface area contributed by atoms with Crippen LogP contribution in [0.4, 0.5) is 0 Å². The van der Waals surface area contributed by atoms with Gasteiger partial charge < -0.3 is 20.6 Å². The maximum Gasteiger partial charge on any atom is 0.317 e. The van der Waals surface area contributed by atoms with Gasteiger partial charge in [0, 0.05) is 39.3 Å². The molecule has 0 aromatic heterocycles. The molecule has 0 atom stereocenters. The summed E-state index contributed by atoms with van der Waals surface area (Å²) in [4.78, 5) is 38.3. The summed E-state index contributed by atoms with van der Waals surface area (Å²) in [5.41, 5.74) is 0. The SMILES string of the molecule is O=C(O)CN1CCCNCCN(CC(=O)O)CCN(CC(=O)O)CC1. The van der Waals surface area contributed by atoms with Gasteiger partial charge in [-0.2, -0.15) is 0 Å². The van der Waals surface area contributed by atoms with Crippen molar-refractivity contribution in [2.45, 2.75) is 6.42 Å². The standard InChI is InChI=1S/C15H28N4O6/c20-13(21)10-17-4-1-2-16-3-5-18(11-14(22)23)7-9-19(8-6-17)12-15(24)25/h16H,1-12H2,(H,20,21)(H,22,23)(H,24,25). The van der Waals surface area contributed by atoms with Gasteiger partial charge in [-0.3, -0.25) is 29.1 Å². The number of carboxylic acids is 3. The first-order valence-corrected chi connectivity index (χ1v) is 8.40. The van der Waals surface area contributed by atoms with Crippen molar-refractivity contribution in [3.05, 3.63) is 0 Å². The van der Waals surface area contributed by atoms with Gasteiger partial charge in [0.1, 0.15) is 0 Å². The topological polar surface area (TPSA) is 134 Å². The molecule has 0 aromatic carbocycles. The van der Waals surface area contributed by atoms with Gasteiger partial charge in [-0.1, -0.05) is 0 Å². The number of carbonyl (C=O) groups is 3. The van der Waals surface area contributed by atoms with Gasteiger partial charge in [0.25, 0.3) is 0 Å². The van der Waals surface area contributed by atoms with Crippen LogP contribution < -0.4 is 5.32 Å². The van der Waals surface area contributed by atoms with E-state index < -0.39 is 17.9 Å². The molecule has 1 saturated heterocycles. The van der Waals surface area contributed by atoms with E-state index >= 15 is 0 Å². The molecular weight excluding hydrogens is 332 g/mol. The summed E-state index contributed by atoms with van der Waals surface area (Å²) in [6.45, 7) is 3.94. The number of nitrogens with one attached hydrogen (secondary N) is 1. The van der Waals surface area contributed by atoms with Crippen molar-refractivity contribution in [2.24, 2.45) is 0 Å². The van der Waals surface area contributed by atoms with Crippen LogP contribution >= 0.6 is 0 Å². The van der Waals surface area contributed by atoms with Crippen LogP contribution in [0.3, 0.4) is 0 Å². The first-order valence-electron chi connectivity index (χ1n) is 8.40. The lowest BCUT2D eigenvalue weighted by Gasteiger charge is -2.27. The van der Waals surface area contributed by atoms with Crippen LogP contribution in [0.1, 0.15) is 6.42 Å². The summed E-state index contributed by atoms with van der Waals surface area (Å²) < 4.78 is 0. The molecule has 0 aromatic rings. The number of carboxylic acid groups (broad SMARTS) is 3. The highest BCUT2D eigenvalue weighted by atomic mass is 16.4. The third-order valence-corrected chi connectivity index (χ3v) is 3.97. The Morgan fingerprint density at radius 1 is 0.640 bits per heavy atom. The molecule has 0 unspecified atom stereocenters. The summed E-state index contributed by atoms with van der Waals surface area (Å²) in [6.07, 6.45) is 0.769. The Labute approximate surface area is 147 Å². The largest absolute Gasteiger partial charge is 0.480 e. The Balaban J connectivity index is 2.71. The van der Waals surface area contributed by atoms with Crippen LogP contribution in [0.15, 0.2) is 0 Å². The third kappa shape index (κ3) is 10.7. The van der Waals surface area contributed by atoms with Crippen molar-refractivity contribution >= 4 is 17.9 Å². The normalized spacial score (nSPS) is 20.2. The lowest BCUT2D eigenvalue weighted by Crippen LogP contribution is -2.44. The summed E-state index contributed by atoms with van der Waals surface area (Å²) in [5, 5.41) is 30.3. The number of aliphatic carboxylic acids is 3. The Bertz CT molecular complexity index is 416. The highest BCUT2D eigenvalue weighted by Gasteiger charge is 2.17. The molecule has 0 saturated carbocycles. The Hall–Kier alpha value is -1.75. The quantitative estimate of drug-likeness (QED) is 0.427. The van der Waals surface area contributed by atoms with E-state index in [9.17, 15) is 14.4 Å². The van der Waals surface area contributed by atoms with Gasteiger partial charge in [-0.15, -0.1) is 0 Å². The summed E-state index contributed by atoms with van der Waals surface area (Å²) >= 11 is 0. The van der Waals surface area contributed by atoms with Gasteiger partial charge in [0.05, 0.1) is 19.6 Å². The number of hydrogen-bond acceptors (Lipinski definition) is 7. The number of rotatable bonds is 6. The van der Waals surface area contributed by atoms with Crippen LogP contribution in [0.2, 0.25) is 0 Å².